The van der Waals surface area contributed by atoms with E-state index in [0.29, 0.717) is 10.8 Å². The van der Waals surface area contributed by atoms with Crippen LogP contribution in [-0.2, 0) is 0 Å². The number of hydrogen-bond donors (Lipinski definition) is 1. The van der Waals surface area contributed by atoms with Gasteiger partial charge in [-0.25, -0.2) is 0 Å². The van der Waals surface area contributed by atoms with E-state index >= 15 is 0 Å². The van der Waals surface area contributed by atoms with Crippen molar-refractivity contribution in [2.24, 2.45) is 34.5 Å². The lowest BCUT2D eigenvalue weighted by Gasteiger charge is -2.59. The number of rotatable bonds is 2. The van der Waals surface area contributed by atoms with Crippen molar-refractivity contribution in [1.82, 2.24) is 5.32 Å². The van der Waals surface area contributed by atoms with Gasteiger partial charge in [0.1, 0.15) is 0 Å². The predicted octanol–water partition coefficient (Wildman–Crippen LogP) is 5.32. The zero-order valence-electron chi connectivity index (χ0n) is 15.2. The Morgan fingerprint density at radius 1 is 0.826 bits per heavy atom. The standard InChI is InChI=1S/C22H35N/c1-21-13-4-3-5-15(21)6-9-17-18-10-11-20(23-16-7-8-16)22(18,2)14-12-19(17)21/h3-4,15-20,23H,5-14H2,1-2H3/t15?,17-,18-,19-,20-,21-,22-/m0/s1. The van der Waals surface area contributed by atoms with Crippen molar-refractivity contribution in [3.05, 3.63) is 12.2 Å². The minimum Gasteiger partial charge on any atom is -0.311 e. The molecule has 23 heavy (non-hydrogen) atoms. The first-order valence-electron chi connectivity index (χ1n) is 10.5. The Morgan fingerprint density at radius 2 is 1.65 bits per heavy atom. The van der Waals surface area contributed by atoms with Crippen LogP contribution in [0.2, 0.25) is 0 Å². The van der Waals surface area contributed by atoms with E-state index in [1.807, 2.05) is 0 Å². The molecule has 1 unspecified atom stereocenters. The number of hydrogen-bond acceptors (Lipinski definition) is 1. The molecule has 5 aliphatic rings. The van der Waals surface area contributed by atoms with Crippen LogP contribution in [0, 0.1) is 34.5 Å². The van der Waals surface area contributed by atoms with E-state index in [1.54, 1.807) is 0 Å². The lowest BCUT2D eigenvalue weighted by atomic mass is 9.46. The molecule has 0 bridgehead atoms. The Hall–Kier alpha value is -0.300. The molecule has 7 atom stereocenters. The minimum atomic E-state index is 0.609. The normalized spacial score (nSPS) is 55.1. The summed E-state index contributed by atoms with van der Waals surface area (Å²) in [5.74, 6) is 4.05. The largest absolute Gasteiger partial charge is 0.311 e. The van der Waals surface area contributed by atoms with Crippen LogP contribution in [0.15, 0.2) is 12.2 Å². The molecular formula is C22H35N. The van der Waals surface area contributed by atoms with Crippen molar-refractivity contribution in [1.29, 1.82) is 0 Å². The molecule has 0 spiro atoms. The highest BCUT2D eigenvalue weighted by Gasteiger charge is 2.59. The summed E-state index contributed by atoms with van der Waals surface area (Å²) >= 11 is 0. The molecule has 0 aromatic heterocycles. The monoisotopic (exact) mass is 313 g/mol. The molecule has 0 aromatic rings. The molecule has 5 rings (SSSR count). The highest BCUT2D eigenvalue weighted by atomic mass is 15.0. The molecule has 0 aliphatic heterocycles. The van der Waals surface area contributed by atoms with Crippen LogP contribution in [0.3, 0.4) is 0 Å². The molecule has 0 saturated heterocycles. The topological polar surface area (TPSA) is 12.0 Å². The fourth-order valence-electron chi connectivity index (χ4n) is 7.65. The first-order valence-corrected chi connectivity index (χ1v) is 10.5. The third kappa shape index (κ3) is 2.14. The predicted molar refractivity (Wildman–Crippen MR) is 96.2 cm³/mol. The van der Waals surface area contributed by atoms with Gasteiger partial charge in [-0.05, 0) is 98.7 Å². The van der Waals surface area contributed by atoms with Gasteiger partial charge in [-0.3, -0.25) is 0 Å². The second-order valence-corrected chi connectivity index (χ2v) is 10.2. The van der Waals surface area contributed by atoms with E-state index in [-0.39, 0.29) is 0 Å². The van der Waals surface area contributed by atoms with E-state index < -0.39 is 0 Å². The molecule has 0 heterocycles. The van der Waals surface area contributed by atoms with Crippen molar-refractivity contribution in [2.45, 2.75) is 90.1 Å². The van der Waals surface area contributed by atoms with E-state index in [4.69, 9.17) is 0 Å². The highest BCUT2D eigenvalue weighted by Crippen LogP contribution is 2.65. The zero-order valence-corrected chi connectivity index (χ0v) is 15.2. The summed E-state index contributed by atoms with van der Waals surface area (Å²) in [5, 5.41) is 4.04. The lowest BCUT2D eigenvalue weighted by Crippen LogP contribution is -2.54. The van der Waals surface area contributed by atoms with E-state index in [2.05, 4.69) is 31.3 Å². The maximum absolute atomic E-state index is 4.04. The third-order valence-electron chi connectivity index (χ3n) is 9.22. The number of nitrogens with one attached hydrogen (secondary N) is 1. The first-order chi connectivity index (χ1) is 11.1. The average Bonchev–Trinajstić information content (AvgIpc) is 3.29. The maximum Gasteiger partial charge on any atom is 0.0126 e. The smallest absolute Gasteiger partial charge is 0.0126 e. The fraction of sp³-hybridized carbons (Fsp3) is 0.909. The van der Waals surface area contributed by atoms with Crippen LogP contribution in [0.5, 0.6) is 0 Å². The zero-order chi connectivity index (χ0) is 15.7. The van der Waals surface area contributed by atoms with Crippen molar-refractivity contribution >= 4 is 0 Å². The van der Waals surface area contributed by atoms with Gasteiger partial charge in [0.15, 0.2) is 0 Å². The Morgan fingerprint density at radius 3 is 2.48 bits per heavy atom. The number of fused-ring (bicyclic) bond motifs is 5. The second-order valence-electron chi connectivity index (χ2n) is 10.2. The van der Waals surface area contributed by atoms with Crippen LogP contribution < -0.4 is 5.32 Å². The SMILES string of the molecule is C[C@]12CC[C@H]3[C@@H](CCC4CC=CC[C@@]43C)[C@@H]1CC[C@@H]2NC1CC1. The Balaban J connectivity index is 1.41. The summed E-state index contributed by atoms with van der Waals surface area (Å²) in [6.45, 7) is 5.33. The number of allylic oxidation sites excluding steroid dienone is 2. The van der Waals surface area contributed by atoms with Gasteiger partial charge < -0.3 is 5.32 Å². The fourth-order valence-corrected chi connectivity index (χ4v) is 7.65. The van der Waals surface area contributed by atoms with E-state index in [0.717, 1.165) is 35.8 Å². The van der Waals surface area contributed by atoms with Crippen molar-refractivity contribution in [2.75, 3.05) is 0 Å². The van der Waals surface area contributed by atoms with Crippen LogP contribution >= 0.6 is 0 Å². The summed E-state index contributed by atoms with van der Waals surface area (Å²) in [7, 11) is 0. The van der Waals surface area contributed by atoms with Crippen molar-refractivity contribution in [3.8, 4) is 0 Å². The molecule has 0 radical (unpaired) electrons. The first kappa shape index (κ1) is 15.0. The van der Waals surface area contributed by atoms with Gasteiger partial charge in [0, 0.05) is 12.1 Å². The van der Waals surface area contributed by atoms with Crippen molar-refractivity contribution < 1.29 is 0 Å². The summed E-state index contributed by atoms with van der Waals surface area (Å²) in [6.07, 6.45) is 19.6. The van der Waals surface area contributed by atoms with Gasteiger partial charge in [-0.15, -0.1) is 0 Å². The summed E-state index contributed by atoms with van der Waals surface area (Å²) < 4.78 is 0. The Bertz CT molecular complexity index is 506. The quantitative estimate of drug-likeness (QED) is 0.681. The molecule has 1 nitrogen and oxygen atoms in total. The molecule has 4 saturated carbocycles. The third-order valence-corrected chi connectivity index (χ3v) is 9.22. The summed E-state index contributed by atoms with van der Waals surface area (Å²) in [4.78, 5) is 0. The van der Waals surface area contributed by atoms with Gasteiger partial charge >= 0.3 is 0 Å². The van der Waals surface area contributed by atoms with Gasteiger partial charge in [0.2, 0.25) is 0 Å². The van der Waals surface area contributed by atoms with Crippen LogP contribution in [0.25, 0.3) is 0 Å². The van der Waals surface area contributed by atoms with Gasteiger partial charge in [-0.1, -0.05) is 26.0 Å². The Labute approximate surface area is 142 Å². The highest BCUT2D eigenvalue weighted by molar-refractivity contribution is 5.13. The molecular weight excluding hydrogens is 278 g/mol. The molecule has 1 N–H and O–H groups in total. The summed E-state index contributed by atoms with van der Waals surface area (Å²) in [5.41, 5.74) is 1.23. The van der Waals surface area contributed by atoms with Crippen LogP contribution in [-0.4, -0.2) is 12.1 Å². The second kappa shape index (κ2) is 5.10. The molecule has 5 aliphatic carbocycles. The minimum absolute atomic E-state index is 0.609. The maximum atomic E-state index is 4.04. The van der Waals surface area contributed by atoms with E-state index in [9.17, 15) is 0 Å². The van der Waals surface area contributed by atoms with Crippen LogP contribution in [0.4, 0.5) is 0 Å². The molecule has 0 amide bonds. The lowest BCUT2D eigenvalue weighted by molar-refractivity contribution is -0.0918. The molecule has 4 fully saturated rings. The van der Waals surface area contributed by atoms with Crippen LogP contribution in [0.1, 0.15) is 78.1 Å². The molecule has 1 heteroatoms. The van der Waals surface area contributed by atoms with E-state index in [1.165, 1.54) is 64.2 Å². The molecule has 0 aromatic carbocycles. The molecule has 128 valence electrons. The average molecular weight is 314 g/mol. The van der Waals surface area contributed by atoms with Gasteiger partial charge in [0.05, 0.1) is 0 Å². The van der Waals surface area contributed by atoms with Gasteiger partial charge in [0.25, 0.3) is 0 Å². The van der Waals surface area contributed by atoms with Crippen molar-refractivity contribution in [3.63, 3.8) is 0 Å². The van der Waals surface area contributed by atoms with Gasteiger partial charge in [-0.2, -0.15) is 0 Å². The summed E-state index contributed by atoms with van der Waals surface area (Å²) in [6, 6.07) is 1.71. The Kier molecular flexibility index (Phi) is 3.32.